The first-order valence-corrected chi connectivity index (χ1v) is 6.05. The lowest BCUT2D eigenvalue weighted by Crippen LogP contribution is -2.13. The van der Waals surface area contributed by atoms with E-state index in [2.05, 4.69) is 22.9 Å². The number of benzene rings is 1. The van der Waals surface area contributed by atoms with Crippen LogP contribution in [0.1, 0.15) is 21.7 Å². The van der Waals surface area contributed by atoms with Crippen molar-refractivity contribution in [3.8, 4) is 0 Å². The molecule has 1 aromatic carbocycles. The highest BCUT2D eigenvalue weighted by molar-refractivity contribution is 7.80. The molecule has 1 N–H and O–H groups in total. The second-order valence-corrected chi connectivity index (χ2v) is 4.61. The highest BCUT2D eigenvalue weighted by atomic mass is 32.1. The molecule has 2 rings (SSSR count). The topological polar surface area (TPSA) is 42.0 Å². The third kappa shape index (κ3) is 2.90. The zero-order chi connectivity index (χ0) is 13.1. The van der Waals surface area contributed by atoms with Crippen molar-refractivity contribution in [3.05, 3.63) is 53.3 Å². The highest BCUT2D eigenvalue weighted by Crippen LogP contribution is 2.15. The van der Waals surface area contributed by atoms with Gasteiger partial charge in [0, 0.05) is 16.2 Å². The first-order valence-electron chi connectivity index (χ1n) is 5.61. The Balaban J connectivity index is 2.21. The van der Waals surface area contributed by atoms with Crippen LogP contribution in [0.25, 0.3) is 0 Å². The smallest absolute Gasteiger partial charge is 0.255 e. The molecule has 0 unspecified atom stereocenters. The minimum absolute atomic E-state index is 0.153. The first-order chi connectivity index (χ1) is 8.56. The molecular formula is C14H14N2OS. The summed E-state index contributed by atoms with van der Waals surface area (Å²) in [5, 5.41) is 2.85. The Morgan fingerprint density at radius 1 is 1.22 bits per heavy atom. The predicted molar refractivity (Wildman–Crippen MR) is 75.4 cm³/mol. The molecule has 0 aliphatic heterocycles. The molecule has 1 heterocycles. The summed E-state index contributed by atoms with van der Waals surface area (Å²) in [5.74, 6) is -0.153. The van der Waals surface area contributed by atoms with Crippen LogP contribution in [-0.2, 0) is 0 Å². The molecule has 0 atom stereocenters. The van der Waals surface area contributed by atoms with Gasteiger partial charge in [0.05, 0.1) is 11.4 Å². The maximum absolute atomic E-state index is 12.0. The van der Waals surface area contributed by atoms with Gasteiger partial charge in [-0.1, -0.05) is 6.07 Å². The summed E-state index contributed by atoms with van der Waals surface area (Å²) in [6.45, 7) is 3.79. The summed E-state index contributed by atoms with van der Waals surface area (Å²) in [6.07, 6.45) is 0. The number of nitrogens with zero attached hydrogens (tertiary/aromatic N) is 1. The van der Waals surface area contributed by atoms with Gasteiger partial charge in [0.25, 0.3) is 5.91 Å². The molecule has 18 heavy (non-hydrogen) atoms. The molecule has 3 nitrogen and oxygen atoms in total. The molecular weight excluding hydrogens is 244 g/mol. The van der Waals surface area contributed by atoms with Crippen LogP contribution < -0.4 is 5.32 Å². The van der Waals surface area contributed by atoms with Gasteiger partial charge < -0.3 is 5.32 Å². The number of rotatable bonds is 2. The van der Waals surface area contributed by atoms with E-state index in [0.717, 1.165) is 22.0 Å². The van der Waals surface area contributed by atoms with E-state index in [1.165, 1.54) is 0 Å². The molecule has 2 aromatic rings. The maximum Gasteiger partial charge on any atom is 0.255 e. The zero-order valence-electron chi connectivity index (χ0n) is 10.3. The number of nitrogens with one attached hydrogen (secondary N) is 1. The van der Waals surface area contributed by atoms with Crippen LogP contribution in [0, 0.1) is 13.8 Å². The maximum atomic E-state index is 12.0. The summed E-state index contributed by atoms with van der Waals surface area (Å²) < 4.78 is 0. The van der Waals surface area contributed by atoms with Crippen molar-refractivity contribution in [2.45, 2.75) is 18.7 Å². The number of carbonyl (C=O) groups excluding carboxylic acids is 1. The number of amides is 1. The Hall–Kier alpha value is -1.81. The summed E-state index contributed by atoms with van der Waals surface area (Å²) in [7, 11) is 0. The van der Waals surface area contributed by atoms with Gasteiger partial charge >= 0.3 is 0 Å². The van der Waals surface area contributed by atoms with E-state index in [0.29, 0.717) is 5.56 Å². The van der Waals surface area contributed by atoms with Crippen molar-refractivity contribution in [3.63, 3.8) is 0 Å². The van der Waals surface area contributed by atoms with Gasteiger partial charge in [-0.2, -0.15) is 0 Å². The molecule has 4 heteroatoms. The van der Waals surface area contributed by atoms with Gasteiger partial charge in [-0.15, -0.1) is 12.6 Å². The Morgan fingerprint density at radius 2 is 2.00 bits per heavy atom. The third-order valence-electron chi connectivity index (χ3n) is 2.58. The average Bonchev–Trinajstić information content (AvgIpc) is 2.32. The molecule has 92 valence electrons. The summed E-state index contributed by atoms with van der Waals surface area (Å²) in [4.78, 5) is 17.1. The van der Waals surface area contributed by atoms with E-state index >= 15 is 0 Å². The van der Waals surface area contributed by atoms with Gasteiger partial charge in [0.1, 0.15) is 0 Å². The van der Waals surface area contributed by atoms with Crippen LogP contribution in [-0.4, -0.2) is 10.9 Å². The number of carbonyl (C=O) groups is 1. The van der Waals surface area contributed by atoms with E-state index < -0.39 is 0 Å². The molecule has 0 saturated heterocycles. The van der Waals surface area contributed by atoms with E-state index in [9.17, 15) is 4.79 Å². The SMILES string of the molecule is Cc1ccc(NC(=O)c2cccc(S)c2)c(C)n1. The van der Waals surface area contributed by atoms with E-state index in [-0.39, 0.29) is 5.91 Å². The molecule has 0 spiro atoms. The summed E-state index contributed by atoms with van der Waals surface area (Å²) >= 11 is 4.22. The number of anilines is 1. The van der Waals surface area contributed by atoms with Gasteiger partial charge in [0.2, 0.25) is 0 Å². The van der Waals surface area contributed by atoms with Crippen molar-refractivity contribution in [1.29, 1.82) is 0 Å². The van der Waals surface area contributed by atoms with Gasteiger partial charge in [-0.05, 0) is 44.2 Å². The normalized spacial score (nSPS) is 10.2. The first kappa shape index (κ1) is 12.6. The monoisotopic (exact) mass is 258 g/mol. The van der Waals surface area contributed by atoms with Crippen LogP contribution in [0.2, 0.25) is 0 Å². The summed E-state index contributed by atoms with van der Waals surface area (Å²) in [6, 6.07) is 10.9. The molecule has 0 aliphatic carbocycles. The van der Waals surface area contributed by atoms with Gasteiger partial charge in [-0.25, -0.2) is 0 Å². The Bertz CT molecular complexity index is 596. The van der Waals surface area contributed by atoms with Crippen LogP contribution in [0.5, 0.6) is 0 Å². The van der Waals surface area contributed by atoms with Gasteiger partial charge in [-0.3, -0.25) is 9.78 Å². The minimum atomic E-state index is -0.153. The molecule has 1 aromatic heterocycles. The fourth-order valence-corrected chi connectivity index (χ4v) is 1.89. The molecule has 0 fully saturated rings. The average molecular weight is 258 g/mol. The fraction of sp³-hybridized carbons (Fsp3) is 0.143. The number of aromatic nitrogens is 1. The van der Waals surface area contributed by atoms with E-state index in [4.69, 9.17) is 0 Å². The standard InChI is InChI=1S/C14H14N2OS/c1-9-6-7-13(10(2)15-9)16-14(17)11-4-3-5-12(18)8-11/h3-8,18H,1-2H3,(H,16,17). The number of hydrogen-bond donors (Lipinski definition) is 2. The van der Waals surface area contributed by atoms with E-state index in [1.807, 2.05) is 32.0 Å². The Kier molecular flexibility index (Phi) is 3.67. The molecule has 1 amide bonds. The highest BCUT2D eigenvalue weighted by Gasteiger charge is 2.08. The second kappa shape index (κ2) is 5.23. The van der Waals surface area contributed by atoms with Gasteiger partial charge in [0.15, 0.2) is 0 Å². The Morgan fingerprint density at radius 3 is 2.67 bits per heavy atom. The number of thiol groups is 1. The number of aryl methyl sites for hydroxylation is 2. The lowest BCUT2D eigenvalue weighted by atomic mass is 10.2. The Labute approximate surface area is 112 Å². The summed E-state index contributed by atoms with van der Waals surface area (Å²) in [5.41, 5.74) is 3.06. The number of pyridine rings is 1. The molecule has 0 aliphatic rings. The van der Waals surface area contributed by atoms with Crippen molar-refractivity contribution < 1.29 is 4.79 Å². The second-order valence-electron chi connectivity index (χ2n) is 4.09. The van der Waals surface area contributed by atoms with Crippen molar-refractivity contribution >= 4 is 24.2 Å². The van der Waals surface area contributed by atoms with Crippen molar-refractivity contribution in [2.75, 3.05) is 5.32 Å². The molecule has 0 radical (unpaired) electrons. The lowest BCUT2D eigenvalue weighted by molar-refractivity contribution is 0.102. The quantitative estimate of drug-likeness (QED) is 0.812. The van der Waals surface area contributed by atoms with Crippen LogP contribution in [0.3, 0.4) is 0 Å². The predicted octanol–water partition coefficient (Wildman–Crippen LogP) is 3.24. The minimum Gasteiger partial charge on any atom is -0.320 e. The zero-order valence-corrected chi connectivity index (χ0v) is 11.2. The number of hydrogen-bond acceptors (Lipinski definition) is 3. The molecule has 0 bridgehead atoms. The fourth-order valence-electron chi connectivity index (χ4n) is 1.66. The van der Waals surface area contributed by atoms with Crippen molar-refractivity contribution in [2.24, 2.45) is 0 Å². The third-order valence-corrected chi connectivity index (χ3v) is 2.86. The van der Waals surface area contributed by atoms with Crippen LogP contribution in [0.15, 0.2) is 41.3 Å². The lowest BCUT2D eigenvalue weighted by Gasteiger charge is -2.08. The van der Waals surface area contributed by atoms with Crippen LogP contribution in [0.4, 0.5) is 5.69 Å². The largest absolute Gasteiger partial charge is 0.320 e. The van der Waals surface area contributed by atoms with Crippen molar-refractivity contribution in [1.82, 2.24) is 4.98 Å². The molecule has 0 saturated carbocycles. The van der Waals surface area contributed by atoms with Crippen LogP contribution >= 0.6 is 12.6 Å². The van der Waals surface area contributed by atoms with E-state index in [1.54, 1.807) is 18.2 Å².